The minimum Gasteiger partial charge on any atom is -0.466 e. The third kappa shape index (κ3) is 6.02. The molecule has 0 aliphatic rings. The van der Waals surface area contributed by atoms with Gasteiger partial charge >= 0.3 is 5.97 Å². The first-order valence-electron chi connectivity index (χ1n) is 4.89. The molecule has 0 saturated carbocycles. The highest BCUT2D eigenvalue weighted by molar-refractivity contribution is 8.00. The van der Waals surface area contributed by atoms with Crippen molar-refractivity contribution in [1.82, 2.24) is 0 Å². The summed E-state index contributed by atoms with van der Waals surface area (Å²) in [6, 6.07) is 0. The molecule has 14 heavy (non-hydrogen) atoms. The Bertz CT molecular complexity index is 192. The molecule has 0 aliphatic heterocycles. The van der Waals surface area contributed by atoms with Crippen LogP contribution in [0.4, 0.5) is 0 Å². The van der Waals surface area contributed by atoms with Crippen molar-refractivity contribution >= 4 is 23.5 Å². The molecule has 0 spiro atoms. The van der Waals surface area contributed by atoms with Gasteiger partial charge in [-0.15, -0.1) is 0 Å². The van der Waals surface area contributed by atoms with Crippen LogP contribution in [0.25, 0.3) is 0 Å². The molecule has 3 nitrogen and oxygen atoms in total. The first kappa shape index (κ1) is 13.5. The van der Waals surface area contributed by atoms with Crippen molar-refractivity contribution in [1.29, 1.82) is 0 Å². The lowest BCUT2D eigenvalue weighted by Gasteiger charge is -2.13. The van der Waals surface area contributed by atoms with Gasteiger partial charge in [0, 0.05) is 19.8 Å². The second-order valence-electron chi connectivity index (χ2n) is 2.89. The van der Waals surface area contributed by atoms with Crippen LogP contribution in [-0.2, 0) is 14.3 Å². The van der Waals surface area contributed by atoms with Crippen LogP contribution >= 0.6 is 11.8 Å². The van der Waals surface area contributed by atoms with Crippen LogP contribution in [0.5, 0.6) is 0 Å². The molecule has 0 saturated heterocycles. The summed E-state index contributed by atoms with van der Waals surface area (Å²) in [5.74, 6) is 0.870. The smallest absolute Gasteiger partial charge is 0.302 e. The van der Waals surface area contributed by atoms with Gasteiger partial charge in [0.25, 0.3) is 0 Å². The predicted molar refractivity (Wildman–Crippen MR) is 58.5 cm³/mol. The average molecular weight is 218 g/mol. The number of esters is 1. The monoisotopic (exact) mass is 218 g/mol. The van der Waals surface area contributed by atoms with Gasteiger partial charge in [0.15, 0.2) is 0 Å². The van der Waals surface area contributed by atoms with E-state index in [4.69, 9.17) is 4.74 Å². The number of carbonyl (C=O) groups excluding carboxylic acids is 2. The molecule has 0 heterocycles. The number of hydrogen-bond acceptors (Lipinski definition) is 4. The van der Waals surface area contributed by atoms with Gasteiger partial charge in [0.05, 0.1) is 11.9 Å². The number of rotatable bonds is 7. The first-order valence-corrected chi connectivity index (χ1v) is 5.94. The van der Waals surface area contributed by atoms with E-state index in [1.54, 1.807) is 11.8 Å². The van der Waals surface area contributed by atoms with Crippen LogP contribution in [0.2, 0.25) is 0 Å². The maximum Gasteiger partial charge on any atom is 0.302 e. The summed E-state index contributed by atoms with van der Waals surface area (Å²) in [6.07, 6.45) is 1.18. The van der Waals surface area contributed by atoms with Crippen molar-refractivity contribution < 1.29 is 14.3 Å². The summed E-state index contributed by atoms with van der Waals surface area (Å²) in [6.45, 7) is 5.60. The number of Topliss-reactive ketones (excluding diaryl/α,β-unsaturated/α-hetero) is 1. The van der Waals surface area contributed by atoms with Crippen LogP contribution < -0.4 is 0 Å². The molecule has 0 bridgehead atoms. The van der Waals surface area contributed by atoms with E-state index in [9.17, 15) is 9.59 Å². The van der Waals surface area contributed by atoms with E-state index in [1.807, 2.05) is 13.8 Å². The second kappa shape index (κ2) is 7.85. The van der Waals surface area contributed by atoms with E-state index in [1.165, 1.54) is 6.92 Å². The maximum atomic E-state index is 11.4. The molecule has 0 radical (unpaired) electrons. The normalized spacial score (nSPS) is 12.2. The lowest BCUT2D eigenvalue weighted by molar-refractivity contribution is -0.141. The quantitative estimate of drug-likeness (QED) is 0.613. The van der Waals surface area contributed by atoms with E-state index in [0.29, 0.717) is 19.4 Å². The molecule has 0 aliphatic carbocycles. The summed E-state index contributed by atoms with van der Waals surface area (Å²) in [4.78, 5) is 21.9. The SMILES string of the molecule is CCSC(CCOC(C)=O)C(=O)CC. The molecule has 0 amide bonds. The first-order chi connectivity index (χ1) is 6.61. The number of thioether (sulfide) groups is 1. The summed E-state index contributed by atoms with van der Waals surface area (Å²) in [5, 5.41) is -0.00986. The summed E-state index contributed by atoms with van der Waals surface area (Å²) >= 11 is 1.62. The van der Waals surface area contributed by atoms with Gasteiger partial charge < -0.3 is 4.74 Å². The van der Waals surface area contributed by atoms with Gasteiger partial charge in [-0.05, 0) is 5.75 Å². The van der Waals surface area contributed by atoms with Crippen LogP contribution in [0, 0.1) is 0 Å². The zero-order valence-electron chi connectivity index (χ0n) is 9.04. The number of ketones is 1. The van der Waals surface area contributed by atoms with E-state index in [-0.39, 0.29) is 17.0 Å². The van der Waals surface area contributed by atoms with Gasteiger partial charge in [-0.1, -0.05) is 13.8 Å². The maximum absolute atomic E-state index is 11.4. The molecular weight excluding hydrogens is 200 g/mol. The molecule has 0 aromatic heterocycles. The Kier molecular flexibility index (Phi) is 7.57. The number of hydrogen-bond donors (Lipinski definition) is 0. The molecule has 1 atom stereocenters. The lowest BCUT2D eigenvalue weighted by Crippen LogP contribution is -2.19. The van der Waals surface area contributed by atoms with Crippen molar-refractivity contribution in [2.24, 2.45) is 0 Å². The van der Waals surface area contributed by atoms with Crippen molar-refractivity contribution in [3.63, 3.8) is 0 Å². The Hall–Kier alpha value is -0.510. The third-order valence-corrected chi connectivity index (χ3v) is 3.00. The Labute approximate surface area is 89.6 Å². The van der Waals surface area contributed by atoms with Crippen LogP contribution in [0.15, 0.2) is 0 Å². The van der Waals surface area contributed by atoms with Gasteiger partial charge in [0.1, 0.15) is 5.78 Å². The molecule has 0 fully saturated rings. The third-order valence-electron chi connectivity index (χ3n) is 1.76. The van der Waals surface area contributed by atoms with Gasteiger partial charge in [0.2, 0.25) is 0 Å². The summed E-state index contributed by atoms with van der Waals surface area (Å²) in [5.41, 5.74) is 0. The lowest BCUT2D eigenvalue weighted by atomic mass is 10.2. The molecule has 4 heteroatoms. The number of ether oxygens (including phenoxy) is 1. The number of carbonyl (C=O) groups is 2. The zero-order valence-corrected chi connectivity index (χ0v) is 9.86. The topological polar surface area (TPSA) is 43.4 Å². The van der Waals surface area contributed by atoms with Crippen LogP contribution in [0.3, 0.4) is 0 Å². The zero-order chi connectivity index (χ0) is 11.0. The Morgan fingerprint density at radius 2 is 2.00 bits per heavy atom. The molecular formula is C10H18O3S. The Balaban J connectivity index is 3.84. The molecule has 0 rings (SSSR count). The standard InChI is InChI=1S/C10H18O3S/c1-4-9(12)10(14-5-2)6-7-13-8(3)11/h10H,4-7H2,1-3H3. The molecule has 0 aromatic rings. The van der Waals surface area contributed by atoms with Gasteiger partial charge in [-0.3, -0.25) is 9.59 Å². The van der Waals surface area contributed by atoms with E-state index < -0.39 is 0 Å². The van der Waals surface area contributed by atoms with Crippen molar-refractivity contribution in [2.45, 2.75) is 38.9 Å². The predicted octanol–water partition coefficient (Wildman–Crippen LogP) is 2.04. The minimum atomic E-state index is -0.283. The average Bonchev–Trinajstić information content (AvgIpc) is 2.15. The van der Waals surface area contributed by atoms with Crippen molar-refractivity contribution in [3.05, 3.63) is 0 Å². The highest BCUT2D eigenvalue weighted by atomic mass is 32.2. The van der Waals surface area contributed by atoms with Gasteiger partial charge in [-0.25, -0.2) is 0 Å². The van der Waals surface area contributed by atoms with E-state index in [2.05, 4.69) is 0 Å². The van der Waals surface area contributed by atoms with E-state index >= 15 is 0 Å². The van der Waals surface area contributed by atoms with Crippen LogP contribution in [0.1, 0.15) is 33.6 Å². The fourth-order valence-electron chi connectivity index (χ4n) is 1.08. The fraction of sp³-hybridized carbons (Fsp3) is 0.800. The summed E-state index contributed by atoms with van der Waals surface area (Å²) in [7, 11) is 0. The minimum absolute atomic E-state index is 0.00986. The fourth-order valence-corrected chi connectivity index (χ4v) is 2.09. The van der Waals surface area contributed by atoms with Crippen molar-refractivity contribution in [2.75, 3.05) is 12.4 Å². The summed E-state index contributed by atoms with van der Waals surface area (Å²) < 4.78 is 4.81. The second-order valence-corrected chi connectivity index (χ2v) is 4.37. The molecule has 0 aromatic carbocycles. The molecule has 82 valence electrons. The largest absolute Gasteiger partial charge is 0.466 e. The Morgan fingerprint density at radius 3 is 2.43 bits per heavy atom. The molecule has 0 N–H and O–H groups in total. The highest BCUT2D eigenvalue weighted by Crippen LogP contribution is 2.16. The highest BCUT2D eigenvalue weighted by Gasteiger charge is 2.16. The molecule has 1 unspecified atom stereocenters. The Morgan fingerprint density at radius 1 is 1.36 bits per heavy atom. The van der Waals surface area contributed by atoms with Crippen LogP contribution in [-0.4, -0.2) is 29.4 Å². The van der Waals surface area contributed by atoms with Crippen molar-refractivity contribution in [3.8, 4) is 0 Å². The van der Waals surface area contributed by atoms with Gasteiger partial charge in [-0.2, -0.15) is 11.8 Å². The van der Waals surface area contributed by atoms with E-state index in [0.717, 1.165) is 5.75 Å².